The van der Waals surface area contributed by atoms with Crippen molar-refractivity contribution in [3.05, 3.63) is 75.4 Å². The van der Waals surface area contributed by atoms with Crippen LogP contribution in [0.3, 0.4) is 0 Å². The molecular weight excluding hydrogens is 329 g/mol. The van der Waals surface area contributed by atoms with Gasteiger partial charge in [-0.15, -0.1) is 0 Å². The number of anilines is 1. The van der Waals surface area contributed by atoms with Crippen LogP contribution in [0.2, 0.25) is 10.0 Å². The van der Waals surface area contributed by atoms with E-state index in [0.717, 1.165) is 22.5 Å². The fourth-order valence-corrected chi connectivity index (χ4v) is 2.21. The van der Waals surface area contributed by atoms with Gasteiger partial charge in [-0.05, 0) is 61.4 Å². The molecule has 0 amide bonds. The van der Waals surface area contributed by atoms with E-state index in [1.165, 1.54) is 0 Å². The van der Waals surface area contributed by atoms with Gasteiger partial charge in [0.05, 0.1) is 5.69 Å². The van der Waals surface area contributed by atoms with Gasteiger partial charge in [0.25, 0.3) is 0 Å². The van der Waals surface area contributed by atoms with Crippen LogP contribution in [0.25, 0.3) is 0 Å². The van der Waals surface area contributed by atoms with Crippen molar-refractivity contribution < 1.29 is 0 Å². The minimum Gasteiger partial charge on any atom is -0.305 e. The molecule has 0 spiro atoms. The van der Waals surface area contributed by atoms with Crippen LogP contribution in [0.4, 0.5) is 5.69 Å². The van der Waals surface area contributed by atoms with E-state index >= 15 is 0 Å². The zero-order valence-corrected chi connectivity index (χ0v) is 14.6. The molecule has 2 rings (SSSR count). The van der Waals surface area contributed by atoms with E-state index < -0.39 is 0 Å². The summed E-state index contributed by atoms with van der Waals surface area (Å²) < 4.78 is 0. The van der Waals surface area contributed by atoms with Gasteiger partial charge in [0.15, 0.2) is 0 Å². The van der Waals surface area contributed by atoms with Crippen molar-refractivity contribution in [2.75, 3.05) is 5.43 Å². The summed E-state index contributed by atoms with van der Waals surface area (Å²) in [4.78, 5) is 0. The standard InChI is InChI=1S/C18H19Cl2N3/c1-12(18(21)11-14-3-5-15(19)6-4-14)13(2)22-23-17-9-7-16(20)8-10-17/h3-10,21-23H,11H2,1-2H3. The van der Waals surface area contributed by atoms with Gasteiger partial charge >= 0.3 is 0 Å². The molecule has 0 bridgehead atoms. The number of hydrogen-bond donors (Lipinski definition) is 3. The summed E-state index contributed by atoms with van der Waals surface area (Å²) in [5.41, 5.74) is 10.6. The summed E-state index contributed by atoms with van der Waals surface area (Å²) in [7, 11) is 0. The van der Waals surface area contributed by atoms with Crippen molar-refractivity contribution >= 4 is 34.6 Å². The molecular formula is C18H19Cl2N3. The minimum atomic E-state index is 0.565. The van der Waals surface area contributed by atoms with Crippen molar-refractivity contribution in [3.63, 3.8) is 0 Å². The molecule has 0 saturated carbocycles. The Bertz CT molecular complexity index is 704. The number of halogens is 2. The number of allylic oxidation sites excluding steroid dienone is 2. The molecule has 0 aromatic heterocycles. The molecule has 3 N–H and O–H groups in total. The summed E-state index contributed by atoms with van der Waals surface area (Å²) in [6, 6.07) is 15.0. The molecule has 23 heavy (non-hydrogen) atoms. The van der Waals surface area contributed by atoms with Crippen LogP contribution >= 0.6 is 23.2 Å². The predicted octanol–water partition coefficient (Wildman–Crippen LogP) is 5.47. The highest BCUT2D eigenvalue weighted by Gasteiger charge is 2.06. The fourth-order valence-electron chi connectivity index (χ4n) is 1.96. The van der Waals surface area contributed by atoms with Gasteiger partial charge in [-0.25, -0.2) is 0 Å². The first kappa shape index (κ1) is 17.4. The molecule has 0 aliphatic rings. The highest BCUT2D eigenvalue weighted by atomic mass is 35.5. The Hall–Kier alpha value is -1.97. The van der Waals surface area contributed by atoms with E-state index in [1.54, 1.807) is 0 Å². The Labute approximate surface area is 146 Å². The van der Waals surface area contributed by atoms with Gasteiger partial charge in [0.1, 0.15) is 0 Å². The van der Waals surface area contributed by atoms with Gasteiger partial charge in [0, 0.05) is 27.9 Å². The van der Waals surface area contributed by atoms with Gasteiger partial charge < -0.3 is 16.3 Å². The first-order valence-corrected chi connectivity index (χ1v) is 7.98. The van der Waals surface area contributed by atoms with Crippen molar-refractivity contribution in [2.24, 2.45) is 0 Å². The van der Waals surface area contributed by atoms with Gasteiger partial charge in [0.2, 0.25) is 0 Å². The molecule has 0 atom stereocenters. The second-order valence-corrected chi connectivity index (χ2v) is 6.16. The molecule has 0 fully saturated rings. The van der Waals surface area contributed by atoms with Crippen LogP contribution in [0.1, 0.15) is 19.4 Å². The average molecular weight is 348 g/mol. The second kappa shape index (κ2) is 8.04. The summed E-state index contributed by atoms with van der Waals surface area (Å²) in [6.07, 6.45) is 0.572. The van der Waals surface area contributed by atoms with Crippen molar-refractivity contribution in [1.29, 1.82) is 5.41 Å². The Morgan fingerprint density at radius 1 is 0.913 bits per heavy atom. The Balaban J connectivity index is 1.96. The lowest BCUT2D eigenvalue weighted by Crippen LogP contribution is -2.22. The number of benzene rings is 2. The monoisotopic (exact) mass is 347 g/mol. The predicted molar refractivity (Wildman–Crippen MR) is 99.5 cm³/mol. The maximum Gasteiger partial charge on any atom is 0.0540 e. The normalized spacial score (nSPS) is 11.7. The number of hydrogen-bond acceptors (Lipinski definition) is 3. The molecule has 0 radical (unpaired) electrons. The third-order valence-electron chi connectivity index (χ3n) is 3.55. The van der Waals surface area contributed by atoms with E-state index in [9.17, 15) is 0 Å². The lowest BCUT2D eigenvalue weighted by atomic mass is 10.0. The van der Waals surface area contributed by atoms with Crippen LogP contribution in [0, 0.1) is 5.41 Å². The molecule has 2 aromatic rings. The summed E-state index contributed by atoms with van der Waals surface area (Å²) in [5.74, 6) is 0. The lowest BCUT2D eigenvalue weighted by molar-refractivity contribution is 0.944. The largest absolute Gasteiger partial charge is 0.305 e. The first-order valence-electron chi connectivity index (χ1n) is 7.23. The zero-order chi connectivity index (χ0) is 16.8. The molecule has 0 aliphatic heterocycles. The fraction of sp³-hybridized carbons (Fsp3) is 0.167. The molecule has 2 aromatic carbocycles. The molecule has 3 nitrogen and oxygen atoms in total. The summed E-state index contributed by atoms with van der Waals surface area (Å²) in [6.45, 7) is 3.87. The van der Waals surface area contributed by atoms with Crippen LogP contribution in [-0.4, -0.2) is 5.71 Å². The average Bonchev–Trinajstić information content (AvgIpc) is 2.55. The van der Waals surface area contributed by atoms with E-state index in [1.807, 2.05) is 62.4 Å². The number of hydrazine groups is 1. The molecule has 5 heteroatoms. The minimum absolute atomic E-state index is 0.565. The Kier molecular flexibility index (Phi) is 6.08. The van der Waals surface area contributed by atoms with Crippen molar-refractivity contribution in [3.8, 4) is 0 Å². The topological polar surface area (TPSA) is 47.9 Å². The van der Waals surface area contributed by atoms with Crippen LogP contribution < -0.4 is 10.9 Å². The van der Waals surface area contributed by atoms with E-state index in [-0.39, 0.29) is 0 Å². The molecule has 0 aliphatic carbocycles. The van der Waals surface area contributed by atoms with Crippen molar-refractivity contribution in [1.82, 2.24) is 5.43 Å². The quantitative estimate of drug-likeness (QED) is 0.479. The zero-order valence-electron chi connectivity index (χ0n) is 13.1. The van der Waals surface area contributed by atoms with Crippen LogP contribution in [0.5, 0.6) is 0 Å². The van der Waals surface area contributed by atoms with E-state index in [4.69, 9.17) is 28.6 Å². The van der Waals surface area contributed by atoms with Crippen molar-refractivity contribution in [2.45, 2.75) is 20.3 Å². The maximum absolute atomic E-state index is 8.25. The molecule has 0 unspecified atom stereocenters. The van der Waals surface area contributed by atoms with Gasteiger partial charge in [-0.3, -0.25) is 0 Å². The number of nitrogens with one attached hydrogen (secondary N) is 3. The lowest BCUT2D eigenvalue weighted by Gasteiger charge is -2.14. The van der Waals surface area contributed by atoms with Crippen LogP contribution in [0.15, 0.2) is 59.8 Å². The van der Waals surface area contributed by atoms with Crippen LogP contribution in [-0.2, 0) is 6.42 Å². The van der Waals surface area contributed by atoms with E-state index in [2.05, 4.69) is 10.9 Å². The first-order chi connectivity index (χ1) is 11.0. The smallest absolute Gasteiger partial charge is 0.0540 e. The highest BCUT2D eigenvalue weighted by molar-refractivity contribution is 6.30. The van der Waals surface area contributed by atoms with Gasteiger partial charge in [-0.1, -0.05) is 35.3 Å². The van der Waals surface area contributed by atoms with Gasteiger partial charge in [-0.2, -0.15) is 0 Å². The molecule has 120 valence electrons. The third-order valence-corrected chi connectivity index (χ3v) is 4.05. The third kappa shape index (κ3) is 5.31. The second-order valence-electron chi connectivity index (χ2n) is 5.29. The SMILES string of the molecule is CC(NNc1ccc(Cl)cc1)=C(C)C(=N)Cc1ccc(Cl)cc1. The Morgan fingerprint density at radius 2 is 1.43 bits per heavy atom. The Morgan fingerprint density at radius 3 is 2.00 bits per heavy atom. The molecule has 0 heterocycles. The molecule has 0 saturated heterocycles. The summed E-state index contributed by atoms with van der Waals surface area (Å²) >= 11 is 11.7. The van der Waals surface area contributed by atoms with E-state index in [0.29, 0.717) is 22.2 Å². The highest BCUT2D eigenvalue weighted by Crippen LogP contribution is 2.14. The summed E-state index contributed by atoms with van der Waals surface area (Å²) in [5, 5.41) is 9.66. The number of rotatable bonds is 6. The maximum atomic E-state index is 8.25.